The first kappa shape index (κ1) is 11.7. The second kappa shape index (κ2) is 4.42. The van der Waals surface area contributed by atoms with Crippen LogP contribution in [0.25, 0.3) is 0 Å². The molecule has 0 aliphatic carbocycles. The monoisotopic (exact) mass is 236 g/mol. The fourth-order valence-corrected chi connectivity index (χ4v) is 1.42. The predicted molar refractivity (Wildman–Crippen MR) is 48.1 cm³/mol. The Bertz CT molecular complexity index is 421. The smallest absolute Gasteiger partial charge is 0.404 e. The Morgan fingerprint density at radius 3 is 2.67 bits per heavy atom. The molecule has 1 aromatic carbocycles. The quantitative estimate of drug-likeness (QED) is 0.644. The summed E-state index contributed by atoms with van der Waals surface area (Å²) in [6, 6.07) is 2.27. The van der Waals surface area contributed by atoms with E-state index in [1.165, 1.54) is 0 Å². The fraction of sp³-hybridized carbons (Fsp3) is 0. The van der Waals surface area contributed by atoms with Crippen LogP contribution in [0.2, 0.25) is 0 Å². The molecule has 1 atom stereocenters. The van der Waals surface area contributed by atoms with Gasteiger partial charge in [0.1, 0.15) is 5.82 Å². The molecule has 7 heteroatoms. The molecular formula is C8H7F2O4P. The topological polar surface area (TPSA) is 55.8 Å². The zero-order chi connectivity index (χ0) is 11.5. The van der Waals surface area contributed by atoms with Gasteiger partial charge in [-0.05, 0) is 12.1 Å². The number of hydrogen-bond donors (Lipinski definition) is 1. The van der Waals surface area contributed by atoms with E-state index in [0.717, 1.165) is 12.1 Å². The number of hydrogen-bond acceptors (Lipinski definition) is 3. The minimum Gasteiger partial charge on any atom is -0.404 e. The third-order valence-electron chi connectivity index (χ3n) is 1.32. The van der Waals surface area contributed by atoms with Crippen LogP contribution in [0.5, 0.6) is 5.75 Å². The zero-order valence-corrected chi connectivity index (χ0v) is 8.29. The highest BCUT2D eigenvalue weighted by Crippen LogP contribution is 2.44. The maximum Gasteiger partial charge on any atom is 0.584 e. The van der Waals surface area contributed by atoms with E-state index in [2.05, 4.69) is 15.6 Å². The molecule has 0 amide bonds. The number of rotatable bonds is 4. The van der Waals surface area contributed by atoms with E-state index in [-0.39, 0.29) is 0 Å². The maximum atomic E-state index is 12.9. The fourth-order valence-electron chi connectivity index (χ4n) is 0.789. The first-order valence-electron chi connectivity index (χ1n) is 3.71. The van der Waals surface area contributed by atoms with Crippen molar-refractivity contribution < 1.29 is 27.3 Å². The van der Waals surface area contributed by atoms with Gasteiger partial charge in [0.05, 0.1) is 6.26 Å². The third-order valence-corrected chi connectivity index (χ3v) is 2.16. The van der Waals surface area contributed by atoms with Gasteiger partial charge in [-0.25, -0.2) is 13.3 Å². The summed E-state index contributed by atoms with van der Waals surface area (Å²) in [5.74, 6) is -2.50. The number of benzene rings is 1. The molecule has 4 nitrogen and oxygen atoms in total. The summed E-state index contributed by atoms with van der Waals surface area (Å²) in [5, 5.41) is 0. The lowest BCUT2D eigenvalue weighted by atomic mass is 10.3. The lowest BCUT2D eigenvalue weighted by Gasteiger charge is -2.11. The Morgan fingerprint density at radius 2 is 2.13 bits per heavy atom. The number of phosphoric acid groups is 1. The highest BCUT2D eigenvalue weighted by molar-refractivity contribution is 7.47. The van der Waals surface area contributed by atoms with Crippen LogP contribution >= 0.6 is 7.82 Å². The molecule has 1 unspecified atom stereocenters. The second-order valence-corrected chi connectivity index (χ2v) is 3.74. The molecule has 1 aromatic rings. The summed E-state index contributed by atoms with van der Waals surface area (Å²) in [6.07, 6.45) is 0.683. The van der Waals surface area contributed by atoms with Gasteiger partial charge in [0.25, 0.3) is 0 Å². The summed E-state index contributed by atoms with van der Waals surface area (Å²) in [5.41, 5.74) is 0. The summed E-state index contributed by atoms with van der Waals surface area (Å²) >= 11 is 0. The Hall–Kier alpha value is -1.39. The van der Waals surface area contributed by atoms with Gasteiger partial charge >= 0.3 is 7.82 Å². The van der Waals surface area contributed by atoms with E-state index >= 15 is 0 Å². The first-order valence-corrected chi connectivity index (χ1v) is 5.21. The van der Waals surface area contributed by atoms with E-state index in [0.29, 0.717) is 12.3 Å². The van der Waals surface area contributed by atoms with Gasteiger partial charge in [0.2, 0.25) is 0 Å². The van der Waals surface area contributed by atoms with Crippen LogP contribution in [0.15, 0.2) is 31.0 Å². The van der Waals surface area contributed by atoms with Crippen LogP contribution in [0, 0.1) is 11.6 Å². The van der Waals surface area contributed by atoms with Crippen molar-refractivity contribution >= 4 is 7.82 Å². The summed E-state index contributed by atoms with van der Waals surface area (Å²) in [4.78, 5) is 8.94. The minimum atomic E-state index is -4.44. The van der Waals surface area contributed by atoms with Crippen molar-refractivity contribution in [3.63, 3.8) is 0 Å². The normalized spacial score (nSPS) is 14.1. The summed E-state index contributed by atoms with van der Waals surface area (Å²) in [7, 11) is -4.44. The van der Waals surface area contributed by atoms with Crippen LogP contribution < -0.4 is 4.52 Å². The third kappa shape index (κ3) is 3.34. The molecule has 0 heterocycles. The van der Waals surface area contributed by atoms with Crippen molar-refractivity contribution in [1.82, 2.24) is 0 Å². The van der Waals surface area contributed by atoms with Gasteiger partial charge in [0.15, 0.2) is 11.6 Å². The van der Waals surface area contributed by atoms with Crippen molar-refractivity contribution in [2.75, 3.05) is 0 Å². The molecule has 82 valence electrons. The molecular weight excluding hydrogens is 229 g/mol. The van der Waals surface area contributed by atoms with Crippen LogP contribution in [0.1, 0.15) is 0 Å². The lowest BCUT2D eigenvalue weighted by Crippen LogP contribution is -1.95. The molecule has 0 radical (unpaired) electrons. The molecule has 0 spiro atoms. The molecule has 0 bridgehead atoms. The first-order chi connectivity index (χ1) is 6.94. The standard InChI is InChI=1S/C8H7F2O4P/c1-2-13-15(11,12)14-8-4-3-6(9)5-7(8)10/h2-5H,1H2,(H,11,12). The molecule has 0 fully saturated rings. The molecule has 15 heavy (non-hydrogen) atoms. The average Bonchev–Trinajstić information content (AvgIpc) is 2.09. The molecule has 0 saturated heterocycles. The molecule has 0 saturated carbocycles. The second-order valence-electron chi connectivity index (χ2n) is 2.41. The molecule has 0 aliphatic heterocycles. The summed E-state index contributed by atoms with van der Waals surface area (Å²) in [6.45, 7) is 3.04. The van der Waals surface area contributed by atoms with Gasteiger partial charge in [-0.15, -0.1) is 0 Å². The highest BCUT2D eigenvalue weighted by atomic mass is 31.2. The Balaban J connectivity index is 2.90. The van der Waals surface area contributed by atoms with Crippen LogP contribution in [-0.2, 0) is 9.09 Å². The van der Waals surface area contributed by atoms with Gasteiger partial charge in [0, 0.05) is 6.07 Å². The highest BCUT2D eigenvalue weighted by Gasteiger charge is 2.24. The molecule has 1 N–H and O–H groups in total. The van der Waals surface area contributed by atoms with Crippen molar-refractivity contribution in [3.05, 3.63) is 42.7 Å². The summed E-state index contributed by atoms with van der Waals surface area (Å²) < 4.78 is 44.8. The van der Waals surface area contributed by atoms with Gasteiger partial charge in [-0.1, -0.05) is 6.58 Å². The van der Waals surface area contributed by atoms with Crippen molar-refractivity contribution in [3.8, 4) is 5.75 Å². The molecule has 1 rings (SSSR count). The van der Waals surface area contributed by atoms with Crippen LogP contribution in [-0.4, -0.2) is 4.89 Å². The van der Waals surface area contributed by atoms with Crippen LogP contribution in [0.4, 0.5) is 8.78 Å². The van der Waals surface area contributed by atoms with E-state index in [9.17, 15) is 13.3 Å². The molecule has 0 aliphatic rings. The van der Waals surface area contributed by atoms with E-state index < -0.39 is 25.2 Å². The Kier molecular flexibility index (Phi) is 3.44. The van der Waals surface area contributed by atoms with Crippen molar-refractivity contribution in [2.45, 2.75) is 0 Å². The predicted octanol–water partition coefficient (Wildman–Crippen LogP) is 2.60. The zero-order valence-electron chi connectivity index (χ0n) is 7.39. The van der Waals surface area contributed by atoms with E-state index in [4.69, 9.17) is 4.89 Å². The lowest BCUT2D eigenvalue weighted by molar-refractivity contribution is 0.262. The Morgan fingerprint density at radius 1 is 1.47 bits per heavy atom. The van der Waals surface area contributed by atoms with E-state index in [1.54, 1.807) is 0 Å². The van der Waals surface area contributed by atoms with Crippen LogP contribution in [0.3, 0.4) is 0 Å². The SMILES string of the molecule is C=COP(=O)(O)Oc1ccc(F)cc1F. The van der Waals surface area contributed by atoms with Gasteiger partial charge in [-0.2, -0.15) is 0 Å². The Labute approximate surface area is 84.4 Å². The minimum absolute atomic E-state index is 0.517. The van der Waals surface area contributed by atoms with Crippen molar-refractivity contribution in [2.24, 2.45) is 0 Å². The average molecular weight is 236 g/mol. The van der Waals surface area contributed by atoms with Crippen molar-refractivity contribution in [1.29, 1.82) is 0 Å². The number of halogens is 2. The van der Waals surface area contributed by atoms with E-state index in [1.807, 2.05) is 0 Å². The van der Waals surface area contributed by atoms with Gasteiger partial charge < -0.3 is 9.05 Å². The number of phosphoric ester groups is 1. The van der Waals surface area contributed by atoms with Gasteiger partial charge in [-0.3, -0.25) is 4.89 Å². The largest absolute Gasteiger partial charge is 0.584 e. The maximum absolute atomic E-state index is 12.9. The molecule has 0 aromatic heterocycles.